The molecular weight excluding hydrogens is 162 g/mol. The lowest BCUT2D eigenvalue weighted by molar-refractivity contribution is 0.838. The average Bonchev–Trinajstić information content (AvgIpc) is 2.10. The Morgan fingerprint density at radius 2 is 2.23 bits per heavy atom. The lowest BCUT2D eigenvalue weighted by Gasteiger charge is -2.19. The van der Waals surface area contributed by atoms with Crippen LogP contribution in [0.3, 0.4) is 0 Å². The van der Waals surface area contributed by atoms with E-state index < -0.39 is 0 Å². The number of anilines is 2. The van der Waals surface area contributed by atoms with Gasteiger partial charge in [-0.3, -0.25) is 0 Å². The molecule has 0 aliphatic carbocycles. The van der Waals surface area contributed by atoms with Crippen LogP contribution >= 0.6 is 0 Å². The number of rotatable bonds is 3. The van der Waals surface area contributed by atoms with Gasteiger partial charge in [0.05, 0.1) is 5.69 Å². The Labute approximate surface area is 79.6 Å². The van der Waals surface area contributed by atoms with Crippen LogP contribution in [0.4, 0.5) is 11.5 Å². The number of pyridine rings is 1. The Bertz CT molecular complexity index is 283. The predicted octanol–water partition coefficient (Wildman–Crippen LogP) is 1.82. The molecule has 0 aliphatic heterocycles. The molecule has 0 saturated carbocycles. The molecular formula is C10H17N3. The molecule has 1 aromatic heterocycles. The van der Waals surface area contributed by atoms with Crippen molar-refractivity contribution in [1.29, 1.82) is 0 Å². The van der Waals surface area contributed by atoms with Gasteiger partial charge in [-0.15, -0.1) is 0 Å². The minimum Gasteiger partial charge on any atom is -0.396 e. The van der Waals surface area contributed by atoms with E-state index in [2.05, 4.69) is 16.8 Å². The van der Waals surface area contributed by atoms with Crippen LogP contribution in [0.15, 0.2) is 12.3 Å². The van der Waals surface area contributed by atoms with Crippen molar-refractivity contribution >= 4 is 11.5 Å². The molecule has 0 bridgehead atoms. The van der Waals surface area contributed by atoms with E-state index in [1.54, 1.807) is 6.20 Å². The highest BCUT2D eigenvalue weighted by atomic mass is 15.2. The Morgan fingerprint density at radius 3 is 2.85 bits per heavy atom. The molecule has 0 spiro atoms. The van der Waals surface area contributed by atoms with Crippen LogP contribution in [-0.2, 0) is 0 Å². The Hall–Kier alpha value is -1.25. The maximum absolute atomic E-state index is 5.91. The first-order valence-electron chi connectivity index (χ1n) is 4.59. The van der Waals surface area contributed by atoms with Crippen LogP contribution in [0.2, 0.25) is 0 Å². The quantitative estimate of drug-likeness (QED) is 0.769. The third-order valence-electron chi connectivity index (χ3n) is 2.11. The molecule has 1 aromatic rings. The van der Waals surface area contributed by atoms with Crippen LogP contribution in [0.1, 0.15) is 18.9 Å². The maximum Gasteiger partial charge on any atom is 0.151 e. The normalized spacial score (nSPS) is 10.1. The summed E-state index contributed by atoms with van der Waals surface area (Å²) < 4.78 is 0. The molecule has 0 saturated heterocycles. The highest BCUT2D eigenvalue weighted by Gasteiger charge is 2.06. The fourth-order valence-corrected chi connectivity index (χ4v) is 1.30. The van der Waals surface area contributed by atoms with Gasteiger partial charge in [0.15, 0.2) is 5.82 Å². The molecule has 0 aromatic carbocycles. The smallest absolute Gasteiger partial charge is 0.151 e. The molecule has 0 fully saturated rings. The summed E-state index contributed by atoms with van der Waals surface area (Å²) in [6.45, 7) is 5.13. The van der Waals surface area contributed by atoms with E-state index in [0.717, 1.165) is 30.0 Å². The highest BCUT2D eigenvalue weighted by molar-refractivity contribution is 5.65. The van der Waals surface area contributed by atoms with Crippen molar-refractivity contribution in [2.24, 2.45) is 0 Å². The summed E-state index contributed by atoms with van der Waals surface area (Å²) in [5, 5.41) is 0. The highest BCUT2D eigenvalue weighted by Crippen LogP contribution is 2.21. The molecule has 0 amide bonds. The molecule has 0 aliphatic rings. The van der Waals surface area contributed by atoms with Gasteiger partial charge in [-0.1, -0.05) is 6.92 Å². The van der Waals surface area contributed by atoms with E-state index in [1.165, 1.54) is 0 Å². The third-order valence-corrected chi connectivity index (χ3v) is 2.11. The molecule has 3 heteroatoms. The summed E-state index contributed by atoms with van der Waals surface area (Å²) in [7, 11) is 2.02. The van der Waals surface area contributed by atoms with E-state index in [9.17, 15) is 0 Å². The van der Waals surface area contributed by atoms with Crippen molar-refractivity contribution in [2.45, 2.75) is 20.3 Å². The Balaban J connectivity index is 2.93. The van der Waals surface area contributed by atoms with E-state index in [-0.39, 0.29) is 0 Å². The van der Waals surface area contributed by atoms with E-state index >= 15 is 0 Å². The van der Waals surface area contributed by atoms with Gasteiger partial charge in [0.25, 0.3) is 0 Å². The molecule has 13 heavy (non-hydrogen) atoms. The first-order valence-corrected chi connectivity index (χ1v) is 4.59. The second kappa shape index (κ2) is 4.12. The summed E-state index contributed by atoms with van der Waals surface area (Å²) >= 11 is 0. The molecule has 1 rings (SSSR count). The number of aromatic nitrogens is 1. The standard InChI is InChI=1S/C10H17N3/c1-4-7-13(3)10-9(11)8(2)5-6-12-10/h5-6H,4,7,11H2,1-3H3. The number of hydrogen-bond acceptors (Lipinski definition) is 3. The second-order valence-electron chi connectivity index (χ2n) is 3.29. The maximum atomic E-state index is 5.91. The van der Waals surface area contributed by atoms with Gasteiger partial charge >= 0.3 is 0 Å². The van der Waals surface area contributed by atoms with Crippen LogP contribution < -0.4 is 10.6 Å². The number of nitrogen functional groups attached to an aromatic ring is 1. The van der Waals surface area contributed by atoms with Crippen LogP contribution in [0.25, 0.3) is 0 Å². The van der Waals surface area contributed by atoms with Gasteiger partial charge in [0.2, 0.25) is 0 Å². The van der Waals surface area contributed by atoms with E-state index in [4.69, 9.17) is 5.73 Å². The average molecular weight is 179 g/mol. The van der Waals surface area contributed by atoms with Gasteiger partial charge in [0.1, 0.15) is 0 Å². The van der Waals surface area contributed by atoms with Crippen molar-refractivity contribution in [3.8, 4) is 0 Å². The number of hydrogen-bond donors (Lipinski definition) is 1. The van der Waals surface area contributed by atoms with E-state index in [0.29, 0.717) is 0 Å². The Kier molecular flexibility index (Phi) is 3.12. The molecule has 72 valence electrons. The second-order valence-corrected chi connectivity index (χ2v) is 3.29. The van der Waals surface area contributed by atoms with Crippen LogP contribution in [-0.4, -0.2) is 18.6 Å². The van der Waals surface area contributed by atoms with Gasteiger partial charge < -0.3 is 10.6 Å². The summed E-state index contributed by atoms with van der Waals surface area (Å²) in [6, 6.07) is 1.93. The third kappa shape index (κ3) is 2.11. The monoisotopic (exact) mass is 179 g/mol. The molecule has 0 atom stereocenters. The fourth-order valence-electron chi connectivity index (χ4n) is 1.30. The van der Waals surface area contributed by atoms with Gasteiger partial charge in [-0.05, 0) is 25.0 Å². The molecule has 2 N–H and O–H groups in total. The summed E-state index contributed by atoms with van der Waals surface area (Å²) in [5.41, 5.74) is 7.79. The van der Waals surface area contributed by atoms with Crippen molar-refractivity contribution in [3.05, 3.63) is 17.8 Å². The number of nitrogens with zero attached hydrogens (tertiary/aromatic N) is 2. The predicted molar refractivity (Wildman–Crippen MR) is 56.9 cm³/mol. The minimum absolute atomic E-state index is 0.790. The lowest BCUT2D eigenvalue weighted by Crippen LogP contribution is -2.20. The molecule has 0 unspecified atom stereocenters. The van der Waals surface area contributed by atoms with Gasteiger partial charge in [-0.2, -0.15) is 0 Å². The van der Waals surface area contributed by atoms with Crippen molar-refractivity contribution < 1.29 is 0 Å². The first kappa shape index (κ1) is 9.84. The van der Waals surface area contributed by atoms with Crippen LogP contribution in [0.5, 0.6) is 0 Å². The molecule has 1 heterocycles. The summed E-state index contributed by atoms with van der Waals surface area (Å²) in [5.74, 6) is 0.891. The van der Waals surface area contributed by atoms with Gasteiger partial charge in [0, 0.05) is 19.8 Å². The fraction of sp³-hybridized carbons (Fsp3) is 0.500. The van der Waals surface area contributed by atoms with Crippen LogP contribution in [0, 0.1) is 6.92 Å². The van der Waals surface area contributed by atoms with Crippen molar-refractivity contribution in [2.75, 3.05) is 24.2 Å². The molecule has 3 nitrogen and oxygen atoms in total. The molecule has 0 radical (unpaired) electrons. The zero-order valence-corrected chi connectivity index (χ0v) is 8.54. The Morgan fingerprint density at radius 1 is 1.54 bits per heavy atom. The largest absolute Gasteiger partial charge is 0.396 e. The van der Waals surface area contributed by atoms with Gasteiger partial charge in [-0.25, -0.2) is 4.98 Å². The lowest BCUT2D eigenvalue weighted by atomic mass is 10.2. The SMILES string of the molecule is CCCN(C)c1nccc(C)c1N. The summed E-state index contributed by atoms with van der Waals surface area (Å²) in [4.78, 5) is 6.34. The van der Waals surface area contributed by atoms with E-state index in [1.807, 2.05) is 20.0 Å². The van der Waals surface area contributed by atoms with Crippen molar-refractivity contribution in [1.82, 2.24) is 4.98 Å². The summed E-state index contributed by atoms with van der Waals surface area (Å²) in [6.07, 6.45) is 2.90. The zero-order chi connectivity index (χ0) is 9.84. The topological polar surface area (TPSA) is 42.2 Å². The zero-order valence-electron chi connectivity index (χ0n) is 8.54. The number of nitrogens with two attached hydrogens (primary N) is 1. The number of aryl methyl sites for hydroxylation is 1. The minimum atomic E-state index is 0.790. The van der Waals surface area contributed by atoms with Crippen molar-refractivity contribution in [3.63, 3.8) is 0 Å². The first-order chi connectivity index (χ1) is 6.16.